The van der Waals surface area contributed by atoms with Gasteiger partial charge in [-0.3, -0.25) is 4.79 Å². The highest BCUT2D eigenvalue weighted by Crippen LogP contribution is 2.38. The average Bonchev–Trinajstić information content (AvgIpc) is 3.13. The summed E-state index contributed by atoms with van der Waals surface area (Å²) in [6.07, 6.45) is -3.67. The van der Waals surface area contributed by atoms with Gasteiger partial charge in [-0.05, 0) is 30.3 Å². The smallest absolute Gasteiger partial charge is 0.490 e. The molecule has 4 rings (SSSR count). The van der Waals surface area contributed by atoms with Gasteiger partial charge < -0.3 is 18.9 Å². The van der Waals surface area contributed by atoms with E-state index in [1.165, 1.54) is 40.2 Å². The Labute approximate surface area is 189 Å². The van der Waals surface area contributed by atoms with Gasteiger partial charge in [-0.2, -0.15) is 5.26 Å². The van der Waals surface area contributed by atoms with Crippen LogP contribution in [0.25, 0.3) is 10.2 Å². The Balaban J connectivity index is 1.49. The molecule has 0 radical (unpaired) electrons. The van der Waals surface area contributed by atoms with Crippen LogP contribution in [0.5, 0.6) is 11.5 Å². The zero-order valence-electron chi connectivity index (χ0n) is 16.8. The highest BCUT2D eigenvalue weighted by molar-refractivity contribution is 7.23. The van der Waals surface area contributed by atoms with Gasteiger partial charge in [0.05, 0.1) is 20.2 Å². The molecule has 168 valence electrons. The molecule has 11 heteroatoms. The number of piperidine rings is 1. The lowest BCUT2D eigenvalue weighted by Gasteiger charge is -2.34. The van der Waals surface area contributed by atoms with E-state index in [-0.39, 0.29) is 23.0 Å². The number of nitrogens with zero attached hydrogens (tertiary/aromatic N) is 3. The first-order valence-corrected chi connectivity index (χ1v) is 10.9. The first-order valence-electron chi connectivity index (χ1n) is 9.66. The molecule has 32 heavy (non-hydrogen) atoms. The van der Waals surface area contributed by atoms with Crippen molar-refractivity contribution in [3.05, 3.63) is 50.6 Å². The number of hydrogen-bond donors (Lipinski definition) is 0. The monoisotopic (exact) mass is 483 g/mol. The van der Waals surface area contributed by atoms with Crippen molar-refractivity contribution < 1.29 is 22.6 Å². The predicted octanol–water partition coefficient (Wildman–Crippen LogP) is 5.07. The van der Waals surface area contributed by atoms with Crippen molar-refractivity contribution in [1.29, 1.82) is 5.26 Å². The molecule has 0 unspecified atom stereocenters. The summed E-state index contributed by atoms with van der Waals surface area (Å²) in [7, 11) is 1.61. The quantitative estimate of drug-likeness (QED) is 0.518. The number of hydrogen-bond acceptors (Lipinski definition) is 6. The standard InChI is InChI=1S/C21H17ClF3N3O3S/c1-27-16-10-17(22)32-19(16)18(15(11-26)20(27)29)28-8-6-13(7-9-28)30-12-2-4-14(5-3-12)31-21(23,24)25/h2-5,10,13H,6-9H2,1H3. The fourth-order valence-electron chi connectivity index (χ4n) is 3.78. The molecule has 0 N–H and O–H groups in total. The number of anilines is 1. The average molecular weight is 484 g/mol. The molecule has 3 heterocycles. The molecule has 1 aliphatic heterocycles. The predicted molar refractivity (Wildman–Crippen MR) is 116 cm³/mol. The second-order valence-corrected chi connectivity index (χ2v) is 8.97. The van der Waals surface area contributed by atoms with E-state index in [2.05, 4.69) is 4.74 Å². The van der Waals surface area contributed by atoms with Gasteiger partial charge in [0.1, 0.15) is 29.2 Å². The minimum absolute atomic E-state index is 0.0816. The van der Waals surface area contributed by atoms with E-state index in [4.69, 9.17) is 16.3 Å². The molecule has 1 fully saturated rings. The maximum absolute atomic E-state index is 12.7. The summed E-state index contributed by atoms with van der Waals surface area (Å²) in [5.74, 6) is 0.129. The Hall–Kier alpha value is -2.90. The van der Waals surface area contributed by atoms with Gasteiger partial charge in [-0.25, -0.2) is 0 Å². The van der Waals surface area contributed by atoms with Gasteiger partial charge in [0.2, 0.25) is 0 Å². The Morgan fingerprint density at radius 2 is 1.81 bits per heavy atom. The Morgan fingerprint density at radius 1 is 1.19 bits per heavy atom. The van der Waals surface area contributed by atoms with Gasteiger partial charge in [0.25, 0.3) is 5.56 Å². The van der Waals surface area contributed by atoms with E-state index >= 15 is 0 Å². The Morgan fingerprint density at radius 3 is 2.41 bits per heavy atom. The molecule has 1 aromatic carbocycles. The number of benzene rings is 1. The number of halogens is 4. The second-order valence-electron chi connectivity index (χ2n) is 7.29. The third-order valence-electron chi connectivity index (χ3n) is 5.24. The summed E-state index contributed by atoms with van der Waals surface area (Å²) in [5, 5.41) is 9.64. The minimum atomic E-state index is -4.74. The molecular weight excluding hydrogens is 467 g/mol. The van der Waals surface area contributed by atoms with Gasteiger partial charge in [0.15, 0.2) is 0 Å². The highest BCUT2D eigenvalue weighted by Gasteiger charge is 2.31. The van der Waals surface area contributed by atoms with E-state index in [0.29, 0.717) is 47.2 Å². The Kier molecular flexibility index (Phi) is 5.97. The van der Waals surface area contributed by atoms with Crippen LogP contribution in [0.2, 0.25) is 4.34 Å². The number of ether oxygens (including phenoxy) is 2. The molecule has 0 atom stereocenters. The molecule has 0 saturated carbocycles. The van der Waals surface area contributed by atoms with Gasteiger partial charge in [-0.1, -0.05) is 11.6 Å². The van der Waals surface area contributed by atoms with Gasteiger partial charge >= 0.3 is 6.36 Å². The van der Waals surface area contributed by atoms with E-state index in [9.17, 15) is 23.2 Å². The maximum Gasteiger partial charge on any atom is 0.573 e. The highest BCUT2D eigenvalue weighted by atomic mass is 35.5. The van der Waals surface area contributed by atoms with E-state index < -0.39 is 6.36 Å². The largest absolute Gasteiger partial charge is 0.573 e. The van der Waals surface area contributed by atoms with Crippen molar-refractivity contribution in [2.45, 2.75) is 25.3 Å². The van der Waals surface area contributed by atoms with Crippen LogP contribution in [-0.4, -0.2) is 30.1 Å². The number of alkyl halides is 3. The summed E-state index contributed by atoms with van der Waals surface area (Å²) >= 11 is 7.51. The van der Waals surface area contributed by atoms with Crippen LogP contribution in [0.4, 0.5) is 18.9 Å². The second kappa shape index (κ2) is 8.56. The number of aryl methyl sites for hydroxylation is 1. The number of nitriles is 1. The number of fused-ring (bicyclic) bond motifs is 1. The number of thiophene rings is 1. The normalized spacial score (nSPS) is 15.1. The molecule has 0 amide bonds. The van der Waals surface area contributed by atoms with Crippen molar-refractivity contribution >= 4 is 38.8 Å². The fraction of sp³-hybridized carbons (Fsp3) is 0.333. The summed E-state index contributed by atoms with van der Waals surface area (Å²) in [4.78, 5) is 14.7. The maximum atomic E-state index is 12.7. The van der Waals surface area contributed by atoms with Crippen LogP contribution in [0, 0.1) is 11.3 Å². The lowest BCUT2D eigenvalue weighted by atomic mass is 10.1. The SMILES string of the molecule is Cn1c(=O)c(C#N)c(N2CCC(Oc3ccc(OC(F)(F)F)cc3)CC2)c2sc(Cl)cc21. The van der Waals surface area contributed by atoms with Gasteiger partial charge in [0, 0.05) is 33.0 Å². The van der Waals surface area contributed by atoms with Crippen LogP contribution >= 0.6 is 22.9 Å². The molecule has 0 spiro atoms. The summed E-state index contributed by atoms with van der Waals surface area (Å²) in [5.41, 5.74) is 0.982. The van der Waals surface area contributed by atoms with Gasteiger partial charge in [-0.15, -0.1) is 24.5 Å². The van der Waals surface area contributed by atoms with Crippen LogP contribution in [-0.2, 0) is 7.05 Å². The number of rotatable bonds is 4. The first-order chi connectivity index (χ1) is 15.2. The Bertz CT molecular complexity index is 1240. The minimum Gasteiger partial charge on any atom is -0.490 e. The fourth-order valence-corrected chi connectivity index (χ4v) is 5.10. The van der Waals surface area contributed by atoms with Crippen LogP contribution in [0.1, 0.15) is 18.4 Å². The van der Waals surface area contributed by atoms with E-state index in [1.54, 1.807) is 13.1 Å². The summed E-state index contributed by atoms with van der Waals surface area (Å²) in [6, 6.07) is 9.02. The van der Waals surface area contributed by atoms with Crippen molar-refractivity contribution in [2.24, 2.45) is 7.05 Å². The summed E-state index contributed by atoms with van der Waals surface area (Å²) < 4.78 is 49.4. The molecule has 1 aliphatic rings. The third kappa shape index (κ3) is 4.49. The zero-order chi connectivity index (χ0) is 23.0. The topological polar surface area (TPSA) is 67.5 Å². The van der Waals surface area contributed by atoms with Crippen molar-refractivity contribution in [3.8, 4) is 17.6 Å². The lowest BCUT2D eigenvalue weighted by Crippen LogP contribution is -2.39. The van der Waals surface area contributed by atoms with Crippen molar-refractivity contribution in [3.63, 3.8) is 0 Å². The zero-order valence-corrected chi connectivity index (χ0v) is 18.4. The summed E-state index contributed by atoms with van der Waals surface area (Å²) in [6.45, 7) is 1.10. The molecule has 2 aromatic heterocycles. The van der Waals surface area contributed by atoms with Crippen molar-refractivity contribution in [2.75, 3.05) is 18.0 Å². The number of pyridine rings is 1. The first kappa shape index (κ1) is 22.3. The molecule has 6 nitrogen and oxygen atoms in total. The molecule has 0 bridgehead atoms. The number of aromatic nitrogens is 1. The van der Waals surface area contributed by atoms with Crippen LogP contribution in [0.3, 0.4) is 0 Å². The molecule has 0 aliphatic carbocycles. The molecule has 1 saturated heterocycles. The lowest BCUT2D eigenvalue weighted by molar-refractivity contribution is -0.274. The van der Waals surface area contributed by atoms with Crippen molar-refractivity contribution in [1.82, 2.24) is 4.57 Å². The molecular formula is C21H17ClF3N3O3S. The van der Waals surface area contributed by atoms with E-state index in [1.807, 2.05) is 11.0 Å². The van der Waals surface area contributed by atoms with E-state index in [0.717, 1.165) is 4.70 Å². The molecule has 3 aromatic rings. The van der Waals surface area contributed by atoms with Crippen LogP contribution < -0.4 is 19.9 Å². The third-order valence-corrected chi connectivity index (χ3v) is 6.50. The van der Waals surface area contributed by atoms with Crippen LogP contribution in [0.15, 0.2) is 35.1 Å².